The van der Waals surface area contributed by atoms with Crippen LogP contribution in [0.4, 0.5) is 0 Å². The number of hydrogen-bond donors (Lipinski definition) is 0. The fourth-order valence-corrected chi connectivity index (χ4v) is 2.38. The molecule has 2 rings (SSSR count). The van der Waals surface area contributed by atoms with Crippen LogP contribution in [0.1, 0.15) is 37.7 Å². The third-order valence-electron chi connectivity index (χ3n) is 3.68. The smallest absolute Gasteiger partial charge is 0.178 e. The average molecular weight is 307 g/mol. The van der Waals surface area contributed by atoms with Crippen molar-refractivity contribution in [3.63, 3.8) is 0 Å². The van der Waals surface area contributed by atoms with Crippen molar-refractivity contribution in [2.75, 3.05) is 0 Å². The zero-order valence-corrected chi connectivity index (χ0v) is 14.2. The van der Waals surface area contributed by atoms with Crippen molar-refractivity contribution in [2.24, 2.45) is 5.41 Å². The highest BCUT2D eigenvalue weighted by molar-refractivity contribution is 6.06. The molecular formula is C19H21N3O. The summed E-state index contributed by atoms with van der Waals surface area (Å²) in [4.78, 5) is 12.4. The molecule has 0 atom stereocenters. The number of carbonyl (C=O) groups is 1. The van der Waals surface area contributed by atoms with Crippen molar-refractivity contribution in [2.45, 2.75) is 34.6 Å². The van der Waals surface area contributed by atoms with Crippen LogP contribution in [0.25, 0.3) is 11.8 Å². The molecule has 0 spiro atoms. The van der Waals surface area contributed by atoms with Crippen molar-refractivity contribution >= 4 is 11.9 Å². The van der Waals surface area contributed by atoms with E-state index in [2.05, 4.69) is 5.10 Å². The van der Waals surface area contributed by atoms with Gasteiger partial charge < -0.3 is 0 Å². The maximum atomic E-state index is 12.4. The lowest BCUT2D eigenvalue weighted by Gasteiger charge is -2.15. The number of carbonyl (C=O) groups excluding carboxylic acids is 1. The van der Waals surface area contributed by atoms with Gasteiger partial charge in [0.25, 0.3) is 0 Å². The van der Waals surface area contributed by atoms with E-state index in [0.717, 1.165) is 22.6 Å². The van der Waals surface area contributed by atoms with Crippen molar-refractivity contribution < 1.29 is 4.79 Å². The number of rotatable bonds is 3. The SMILES string of the molecule is Cc1nn(-c2ccccc2)c(C)c1/C=C(\C#N)C(=O)C(C)(C)C. The fourth-order valence-electron chi connectivity index (χ4n) is 2.38. The third-order valence-corrected chi connectivity index (χ3v) is 3.68. The Hall–Kier alpha value is -2.67. The molecule has 0 aliphatic carbocycles. The second-order valence-electron chi connectivity index (χ2n) is 6.58. The largest absolute Gasteiger partial charge is 0.293 e. The molecule has 0 radical (unpaired) electrons. The van der Waals surface area contributed by atoms with Crippen LogP contribution >= 0.6 is 0 Å². The molecule has 0 fully saturated rings. The number of nitriles is 1. The maximum Gasteiger partial charge on any atom is 0.178 e. The van der Waals surface area contributed by atoms with Crippen LogP contribution in [0, 0.1) is 30.6 Å². The number of allylic oxidation sites excluding steroid dienone is 1. The first-order valence-electron chi connectivity index (χ1n) is 7.54. The van der Waals surface area contributed by atoms with Crippen LogP contribution < -0.4 is 0 Å². The zero-order chi connectivity index (χ0) is 17.2. The molecule has 0 aliphatic rings. The lowest BCUT2D eigenvalue weighted by atomic mass is 9.86. The molecule has 0 saturated heterocycles. The molecule has 0 aliphatic heterocycles. The van der Waals surface area contributed by atoms with Crippen molar-refractivity contribution in [3.05, 3.63) is 52.9 Å². The summed E-state index contributed by atoms with van der Waals surface area (Å²) < 4.78 is 1.83. The topological polar surface area (TPSA) is 58.7 Å². The van der Waals surface area contributed by atoms with Gasteiger partial charge in [0.1, 0.15) is 6.07 Å². The van der Waals surface area contributed by atoms with Crippen LogP contribution in [-0.4, -0.2) is 15.6 Å². The number of nitrogens with zero attached hydrogens (tertiary/aromatic N) is 3. The molecule has 4 nitrogen and oxygen atoms in total. The molecule has 23 heavy (non-hydrogen) atoms. The van der Waals surface area contributed by atoms with Crippen LogP contribution in [0.2, 0.25) is 0 Å². The Balaban J connectivity index is 2.53. The molecule has 0 N–H and O–H groups in total. The van der Waals surface area contributed by atoms with E-state index in [1.54, 1.807) is 6.08 Å². The van der Waals surface area contributed by atoms with Gasteiger partial charge >= 0.3 is 0 Å². The third kappa shape index (κ3) is 3.40. The first-order chi connectivity index (χ1) is 10.8. The molecule has 0 bridgehead atoms. The normalized spacial score (nSPS) is 12.1. The molecule has 1 aromatic heterocycles. The minimum Gasteiger partial charge on any atom is -0.293 e. The highest BCUT2D eigenvalue weighted by Gasteiger charge is 2.25. The van der Waals surface area contributed by atoms with E-state index in [-0.39, 0.29) is 11.4 Å². The van der Waals surface area contributed by atoms with E-state index in [0.29, 0.717) is 0 Å². The Morgan fingerprint density at radius 2 is 1.83 bits per heavy atom. The molecule has 1 heterocycles. The number of aryl methyl sites for hydroxylation is 1. The number of ketones is 1. The summed E-state index contributed by atoms with van der Waals surface area (Å²) in [6.45, 7) is 9.26. The number of aromatic nitrogens is 2. The Kier molecular flexibility index (Phi) is 4.51. The summed E-state index contributed by atoms with van der Waals surface area (Å²) in [5.74, 6) is -0.161. The summed E-state index contributed by atoms with van der Waals surface area (Å²) in [7, 11) is 0. The molecule has 118 valence electrons. The fraction of sp³-hybridized carbons (Fsp3) is 0.316. The van der Waals surface area contributed by atoms with Gasteiger partial charge in [-0.2, -0.15) is 10.4 Å². The molecule has 2 aromatic rings. The van der Waals surface area contributed by atoms with E-state index >= 15 is 0 Å². The predicted octanol–water partition coefficient (Wildman–Crippen LogP) is 4.01. The van der Waals surface area contributed by atoms with Crippen molar-refractivity contribution in [3.8, 4) is 11.8 Å². The Morgan fingerprint density at radius 3 is 2.35 bits per heavy atom. The predicted molar refractivity (Wildman–Crippen MR) is 91.1 cm³/mol. The number of Topliss-reactive ketones (excluding diaryl/α,β-unsaturated/α-hetero) is 1. The second-order valence-corrected chi connectivity index (χ2v) is 6.58. The standard InChI is InChI=1S/C19H21N3O/c1-13-17(11-15(12-20)18(23)19(3,4)5)14(2)22(21-13)16-9-7-6-8-10-16/h6-11H,1-5H3/b15-11+. The molecule has 0 saturated carbocycles. The van der Waals surface area contributed by atoms with Crippen LogP contribution in [0.15, 0.2) is 35.9 Å². The van der Waals surface area contributed by atoms with Crippen molar-refractivity contribution in [1.82, 2.24) is 9.78 Å². The van der Waals surface area contributed by atoms with E-state index in [1.165, 1.54) is 0 Å². The van der Waals surface area contributed by atoms with Crippen LogP contribution in [0.5, 0.6) is 0 Å². The number of hydrogen-bond acceptors (Lipinski definition) is 3. The molecule has 4 heteroatoms. The summed E-state index contributed by atoms with van der Waals surface area (Å²) in [6, 6.07) is 11.8. The molecule has 0 amide bonds. The zero-order valence-electron chi connectivity index (χ0n) is 14.2. The lowest BCUT2D eigenvalue weighted by Crippen LogP contribution is -2.21. The molecular weight excluding hydrogens is 286 g/mol. The Bertz CT molecular complexity index is 800. The van der Waals surface area contributed by atoms with Gasteiger partial charge in [-0.1, -0.05) is 39.0 Å². The minimum absolute atomic E-state index is 0.161. The van der Waals surface area contributed by atoms with Gasteiger partial charge in [0, 0.05) is 16.7 Å². The lowest BCUT2D eigenvalue weighted by molar-refractivity contribution is -0.121. The summed E-state index contributed by atoms with van der Waals surface area (Å²) >= 11 is 0. The summed E-state index contributed by atoms with van der Waals surface area (Å²) in [5.41, 5.74) is 3.05. The molecule has 0 unspecified atom stereocenters. The van der Waals surface area contributed by atoms with E-state index in [4.69, 9.17) is 0 Å². The quantitative estimate of drug-likeness (QED) is 0.636. The van der Waals surface area contributed by atoms with Gasteiger partial charge in [-0.25, -0.2) is 4.68 Å². The minimum atomic E-state index is -0.585. The maximum absolute atomic E-state index is 12.4. The van der Waals surface area contributed by atoms with Crippen LogP contribution in [0.3, 0.4) is 0 Å². The van der Waals surface area contributed by atoms with Crippen molar-refractivity contribution in [1.29, 1.82) is 5.26 Å². The summed E-state index contributed by atoms with van der Waals surface area (Å²) in [5, 5.41) is 13.9. The van der Waals surface area contributed by atoms with Gasteiger partial charge in [0.15, 0.2) is 5.78 Å². The monoisotopic (exact) mass is 307 g/mol. The number of benzene rings is 1. The highest BCUT2D eigenvalue weighted by Crippen LogP contribution is 2.24. The Morgan fingerprint density at radius 1 is 1.22 bits per heavy atom. The molecule has 1 aromatic carbocycles. The first-order valence-corrected chi connectivity index (χ1v) is 7.54. The highest BCUT2D eigenvalue weighted by atomic mass is 16.1. The number of para-hydroxylation sites is 1. The summed E-state index contributed by atoms with van der Waals surface area (Å²) in [6.07, 6.45) is 1.66. The van der Waals surface area contributed by atoms with Gasteiger partial charge in [0.05, 0.1) is 17.0 Å². The van der Waals surface area contributed by atoms with Crippen LogP contribution in [-0.2, 0) is 4.79 Å². The first kappa shape index (κ1) is 16.7. The van der Waals surface area contributed by atoms with E-state index in [9.17, 15) is 10.1 Å². The van der Waals surface area contributed by atoms with E-state index < -0.39 is 5.41 Å². The van der Waals surface area contributed by atoms with Gasteiger partial charge in [-0.15, -0.1) is 0 Å². The van der Waals surface area contributed by atoms with Gasteiger partial charge in [0.2, 0.25) is 0 Å². The van der Waals surface area contributed by atoms with E-state index in [1.807, 2.05) is 75.7 Å². The average Bonchev–Trinajstić information content (AvgIpc) is 2.79. The van der Waals surface area contributed by atoms with Gasteiger partial charge in [-0.05, 0) is 32.1 Å². The second kappa shape index (κ2) is 6.21. The van der Waals surface area contributed by atoms with Gasteiger partial charge in [-0.3, -0.25) is 4.79 Å². The Labute approximate surface area is 137 Å².